The SMILES string of the molecule is O=C(O)C=CC(=O)OCCOCCO. The minimum atomic E-state index is -1.21. The van der Waals surface area contributed by atoms with Crippen LogP contribution in [0.5, 0.6) is 0 Å². The molecule has 0 unspecified atom stereocenters. The van der Waals surface area contributed by atoms with Gasteiger partial charge in [0.15, 0.2) is 0 Å². The van der Waals surface area contributed by atoms with Crippen LogP contribution >= 0.6 is 0 Å². The van der Waals surface area contributed by atoms with E-state index in [9.17, 15) is 9.59 Å². The quantitative estimate of drug-likeness (QED) is 0.319. The maximum atomic E-state index is 10.7. The second-order valence-corrected chi connectivity index (χ2v) is 2.18. The van der Waals surface area contributed by atoms with Crippen LogP contribution in [0.4, 0.5) is 0 Å². The zero-order chi connectivity index (χ0) is 10.8. The summed E-state index contributed by atoms with van der Waals surface area (Å²) in [5.74, 6) is -1.95. The van der Waals surface area contributed by atoms with Crippen LogP contribution in [-0.4, -0.2) is 48.6 Å². The van der Waals surface area contributed by atoms with Gasteiger partial charge in [-0.05, 0) is 0 Å². The van der Waals surface area contributed by atoms with Crippen LogP contribution < -0.4 is 0 Å². The molecule has 0 fully saturated rings. The van der Waals surface area contributed by atoms with Crippen molar-refractivity contribution in [1.82, 2.24) is 0 Å². The Balaban J connectivity index is 3.40. The van der Waals surface area contributed by atoms with E-state index in [0.29, 0.717) is 6.08 Å². The number of carboxylic acids is 1. The summed E-state index contributed by atoms with van der Waals surface area (Å²) in [5, 5.41) is 16.5. The summed E-state index contributed by atoms with van der Waals surface area (Å²) < 4.78 is 9.33. The molecule has 6 nitrogen and oxygen atoms in total. The highest BCUT2D eigenvalue weighted by molar-refractivity contribution is 5.90. The third kappa shape index (κ3) is 8.69. The first-order valence-corrected chi connectivity index (χ1v) is 3.93. The Hall–Kier alpha value is -1.40. The standard InChI is InChI=1S/C8H12O6/c9-3-4-13-5-6-14-8(12)2-1-7(10)11/h1-2,9H,3-6H2,(H,10,11). The van der Waals surface area contributed by atoms with E-state index in [2.05, 4.69) is 4.74 Å². The van der Waals surface area contributed by atoms with Crippen LogP contribution in [0, 0.1) is 0 Å². The molecule has 0 bridgehead atoms. The van der Waals surface area contributed by atoms with Crippen molar-refractivity contribution in [3.8, 4) is 0 Å². The Morgan fingerprint density at radius 1 is 1.14 bits per heavy atom. The fourth-order valence-corrected chi connectivity index (χ4v) is 0.555. The Bertz CT molecular complexity index is 210. The van der Waals surface area contributed by atoms with Crippen LogP contribution in [-0.2, 0) is 19.1 Å². The molecule has 0 aliphatic rings. The van der Waals surface area contributed by atoms with E-state index in [1.165, 1.54) is 0 Å². The molecule has 0 aromatic carbocycles. The molecule has 0 aromatic rings. The summed E-state index contributed by atoms with van der Waals surface area (Å²) in [6, 6.07) is 0. The van der Waals surface area contributed by atoms with Crippen LogP contribution in [0.15, 0.2) is 12.2 Å². The third-order valence-corrected chi connectivity index (χ3v) is 1.07. The smallest absolute Gasteiger partial charge is 0.331 e. The molecule has 0 heterocycles. The lowest BCUT2D eigenvalue weighted by Gasteiger charge is -2.01. The number of carboxylic acid groups (broad SMARTS) is 1. The van der Waals surface area contributed by atoms with Gasteiger partial charge >= 0.3 is 11.9 Å². The summed E-state index contributed by atoms with van der Waals surface area (Å²) in [6.07, 6.45) is 1.51. The maximum Gasteiger partial charge on any atom is 0.331 e. The second-order valence-electron chi connectivity index (χ2n) is 2.18. The number of aliphatic hydroxyl groups excluding tert-OH is 1. The second kappa shape index (κ2) is 8.21. The molecule has 14 heavy (non-hydrogen) atoms. The summed E-state index contributed by atoms with van der Waals surface area (Å²) in [4.78, 5) is 20.7. The molecule has 0 saturated heterocycles. The maximum absolute atomic E-state index is 10.7. The topological polar surface area (TPSA) is 93.1 Å². The largest absolute Gasteiger partial charge is 0.478 e. The Morgan fingerprint density at radius 2 is 1.86 bits per heavy atom. The van der Waals surface area contributed by atoms with Crippen molar-refractivity contribution in [2.45, 2.75) is 0 Å². The molecule has 0 amide bonds. The van der Waals surface area contributed by atoms with Crippen molar-refractivity contribution in [1.29, 1.82) is 0 Å². The van der Waals surface area contributed by atoms with Gasteiger partial charge in [0.1, 0.15) is 6.61 Å². The van der Waals surface area contributed by atoms with Gasteiger partial charge in [-0.1, -0.05) is 0 Å². The zero-order valence-electron chi connectivity index (χ0n) is 7.51. The van der Waals surface area contributed by atoms with Crippen molar-refractivity contribution in [2.75, 3.05) is 26.4 Å². The van der Waals surface area contributed by atoms with E-state index in [4.69, 9.17) is 14.9 Å². The van der Waals surface area contributed by atoms with Crippen molar-refractivity contribution in [2.24, 2.45) is 0 Å². The first-order chi connectivity index (χ1) is 6.66. The number of carbonyl (C=O) groups is 2. The van der Waals surface area contributed by atoms with E-state index < -0.39 is 11.9 Å². The lowest BCUT2D eigenvalue weighted by Crippen LogP contribution is -2.10. The lowest BCUT2D eigenvalue weighted by molar-refractivity contribution is -0.140. The van der Waals surface area contributed by atoms with E-state index in [-0.39, 0.29) is 26.4 Å². The van der Waals surface area contributed by atoms with Crippen molar-refractivity contribution >= 4 is 11.9 Å². The van der Waals surface area contributed by atoms with E-state index >= 15 is 0 Å². The molecule has 80 valence electrons. The van der Waals surface area contributed by atoms with Crippen LogP contribution in [0.2, 0.25) is 0 Å². The highest BCUT2D eigenvalue weighted by Gasteiger charge is 1.97. The molecular weight excluding hydrogens is 192 g/mol. The van der Waals surface area contributed by atoms with Crippen molar-refractivity contribution in [3.05, 3.63) is 12.2 Å². The third-order valence-electron chi connectivity index (χ3n) is 1.07. The number of ether oxygens (including phenoxy) is 2. The molecule has 0 rings (SSSR count). The van der Waals surface area contributed by atoms with Gasteiger partial charge in [-0.15, -0.1) is 0 Å². The Labute approximate surface area is 80.7 Å². The molecule has 0 saturated carbocycles. The number of carbonyl (C=O) groups excluding carboxylic acids is 1. The van der Waals surface area contributed by atoms with Gasteiger partial charge < -0.3 is 19.7 Å². The summed E-state index contributed by atoms with van der Waals surface area (Å²) in [5.41, 5.74) is 0. The van der Waals surface area contributed by atoms with Gasteiger partial charge in [0.25, 0.3) is 0 Å². The van der Waals surface area contributed by atoms with Gasteiger partial charge in [-0.25, -0.2) is 9.59 Å². The monoisotopic (exact) mass is 204 g/mol. The molecule has 6 heteroatoms. The van der Waals surface area contributed by atoms with Gasteiger partial charge in [-0.3, -0.25) is 0 Å². The highest BCUT2D eigenvalue weighted by Crippen LogP contribution is 1.83. The number of hydrogen-bond donors (Lipinski definition) is 2. The minimum Gasteiger partial charge on any atom is -0.478 e. The van der Waals surface area contributed by atoms with Gasteiger partial charge in [-0.2, -0.15) is 0 Å². The van der Waals surface area contributed by atoms with Crippen LogP contribution in [0.25, 0.3) is 0 Å². The first-order valence-electron chi connectivity index (χ1n) is 3.93. The molecule has 2 N–H and O–H groups in total. The fraction of sp³-hybridized carbons (Fsp3) is 0.500. The average Bonchev–Trinajstić information content (AvgIpc) is 2.14. The Kier molecular flexibility index (Phi) is 7.39. The summed E-state index contributed by atoms with van der Waals surface area (Å²) in [6.45, 7) is 0.297. The molecule has 0 spiro atoms. The number of aliphatic carboxylic acids is 1. The van der Waals surface area contributed by atoms with Crippen LogP contribution in [0.1, 0.15) is 0 Å². The molecule has 0 radical (unpaired) electrons. The summed E-state index contributed by atoms with van der Waals surface area (Å²) in [7, 11) is 0. The highest BCUT2D eigenvalue weighted by atomic mass is 16.6. The Morgan fingerprint density at radius 3 is 2.43 bits per heavy atom. The molecule has 0 atom stereocenters. The fourth-order valence-electron chi connectivity index (χ4n) is 0.555. The predicted molar refractivity (Wildman–Crippen MR) is 45.6 cm³/mol. The normalized spacial score (nSPS) is 10.4. The molecule has 0 aliphatic heterocycles. The molecular formula is C8H12O6. The minimum absolute atomic E-state index is 0.0305. The molecule has 0 aliphatic carbocycles. The average molecular weight is 204 g/mol. The lowest BCUT2D eigenvalue weighted by atomic mass is 10.5. The number of esters is 1. The zero-order valence-corrected chi connectivity index (χ0v) is 7.51. The van der Waals surface area contributed by atoms with Crippen molar-refractivity contribution < 1.29 is 29.3 Å². The van der Waals surface area contributed by atoms with E-state index in [1.54, 1.807) is 0 Å². The van der Waals surface area contributed by atoms with Gasteiger partial charge in [0.2, 0.25) is 0 Å². The van der Waals surface area contributed by atoms with Crippen LogP contribution in [0.3, 0.4) is 0 Å². The van der Waals surface area contributed by atoms with E-state index in [0.717, 1.165) is 6.08 Å². The molecule has 0 aromatic heterocycles. The summed E-state index contributed by atoms with van der Waals surface area (Å²) >= 11 is 0. The van der Waals surface area contributed by atoms with Gasteiger partial charge in [0.05, 0.1) is 19.8 Å². The predicted octanol–water partition coefficient (Wildman–Crippen LogP) is -0.821. The van der Waals surface area contributed by atoms with E-state index in [1.807, 2.05) is 0 Å². The number of hydrogen-bond acceptors (Lipinski definition) is 5. The van der Waals surface area contributed by atoms with Crippen molar-refractivity contribution in [3.63, 3.8) is 0 Å². The first kappa shape index (κ1) is 12.6. The van der Waals surface area contributed by atoms with Gasteiger partial charge in [0, 0.05) is 12.2 Å². The number of rotatable bonds is 7. The number of aliphatic hydroxyl groups is 1.